The van der Waals surface area contributed by atoms with Gasteiger partial charge in [0.25, 0.3) is 5.70 Å². The smallest absolute Gasteiger partial charge is 0.258 e. The zero-order valence-corrected chi connectivity index (χ0v) is 8.11. The maximum atomic E-state index is 10.3. The van der Waals surface area contributed by atoms with Gasteiger partial charge in [-0.25, -0.2) is 5.21 Å². The van der Waals surface area contributed by atoms with E-state index >= 15 is 0 Å². The number of rotatable bonds is 4. The van der Waals surface area contributed by atoms with Crippen LogP contribution in [-0.4, -0.2) is 15.5 Å². The van der Waals surface area contributed by atoms with Crippen LogP contribution in [0.2, 0.25) is 0 Å². The Bertz CT molecular complexity index is 225. The van der Waals surface area contributed by atoms with Crippen LogP contribution in [0.25, 0.3) is 0 Å². The van der Waals surface area contributed by atoms with Crippen molar-refractivity contribution in [2.45, 2.75) is 6.92 Å². The van der Waals surface area contributed by atoms with Gasteiger partial charge in [0.05, 0.1) is 11.0 Å². The molecule has 0 unspecified atom stereocenters. The third kappa shape index (κ3) is 4.22. The van der Waals surface area contributed by atoms with E-state index in [-0.39, 0.29) is 5.70 Å². The van der Waals surface area contributed by atoms with Gasteiger partial charge >= 0.3 is 0 Å². The van der Waals surface area contributed by atoms with Crippen LogP contribution >= 0.6 is 15.9 Å². The lowest BCUT2D eigenvalue weighted by Crippen LogP contribution is -2.77. The number of hydrogen-bond acceptors (Lipinski definition) is 3. The van der Waals surface area contributed by atoms with Gasteiger partial charge in [-0.1, -0.05) is 15.9 Å². The number of nitrogens with two attached hydrogens (primary N) is 1. The molecule has 0 rings (SSSR count). The number of nitrogens with zero attached hydrogens (tertiary/aromatic N) is 1. The third-order valence-corrected chi connectivity index (χ3v) is 1.40. The van der Waals surface area contributed by atoms with Gasteiger partial charge in [-0.3, -0.25) is 10.1 Å². The SMILES string of the molecule is C/C(=C/C(=C\CBr)[N+](=O)[O-])[NH2+]O. The normalized spacial score (nSPS) is 13.2. The van der Waals surface area contributed by atoms with Gasteiger partial charge in [0, 0.05) is 18.3 Å². The maximum absolute atomic E-state index is 10.3. The van der Waals surface area contributed by atoms with Crippen LogP contribution in [-0.2, 0) is 0 Å². The molecule has 0 aliphatic carbocycles. The minimum Gasteiger partial charge on any atom is -0.258 e. The van der Waals surface area contributed by atoms with Crippen LogP contribution < -0.4 is 5.48 Å². The topological polar surface area (TPSA) is 80.0 Å². The second-order valence-electron chi connectivity index (χ2n) is 2.06. The summed E-state index contributed by atoms with van der Waals surface area (Å²) in [5.74, 6) is 0. The summed E-state index contributed by atoms with van der Waals surface area (Å²) in [6.45, 7) is 1.57. The van der Waals surface area contributed by atoms with Gasteiger partial charge in [0.1, 0.15) is 5.70 Å². The van der Waals surface area contributed by atoms with Crippen molar-refractivity contribution in [3.63, 3.8) is 0 Å². The molecule has 0 radical (unpaired) electrons. The minimum atomic E-state index is -0.506. The monoisotopic (exact) mass is 237 g/mol. The summed E-state index contributed by atoms with van der Waals surface area (Å²) in [4.78, 5) is 9.81. The molecular formula is C6H10BrN2O3+. The standard InChI is InChI=1S/C6H9BrN2O3/c1-5(8-10)4-6(2-3-7)9(11)12/h2,4,8,10H,3H2,1H3/p+1/b5-4-,6-2+. The van der Waals surface area contributed by atoms with Gasteiger partial charge < -0.3 is 0 Å². The van der Waals surface area contributed by atoms with Crippen molar-refractivity contribution in [3.05, 3.63) is 33.7 Å². The van der Waals surface area contributed by atoms with Crippen LogP contribution in [0.1, 0.15) is 6.92 Å². The molecule has 0 aromatic carbocycles. The fourth-order valence-corrected chi connectivity index (χ4v) is 0.867. The molecule has 0 amide bonds. The summed E-state index contributed by atoms with van der Waals surface area (Å²) in [6.07, 6.45) is 2.70. The molecule has 0 fully saturated rings. The Balaban J connectivity index is 4.55. The first kappa shape index (κ1) is 11.3. The van der Waals surface area contributed by atoms with Crippen LogP contribution in [0.15, 0.2) is 23.5 Å². The van der Waals surface area contributed by atoms with Crippen molar-refractivity contribution in [1.82, 2.24) is 0 Å². The van der Waals surface area contributed by atoms with E-state index in [0.717, 1.165) is 5.48 Å². The fraction of sp³-hybridized carbons (Fsp3) is 0.333. The first-order valence-corrected chi connectivity index (χ1v) is 4.30. The Morgan fingerprint density at radius 2 is 2.42 bits per heavy atom. The Labute approximate surface area is 78.0 Å². The van der Waals surface area contributed by atoms with Gasteiger partial charge in [0.2, 0.25) is 0 Å². The summed E-state index contributed by atoms with van der Waals surface area (Å²) >= 11 is 3.05. The minimum absolute atomic E-state index is 0.0327. The highest BCUT2D eigenvalue weighted by Gasteiger charge is 2.07. The largest absolute Gasteiger partial charge is 0.271 e. The van der Waals surface area contributed by atoms with Crippen LogP contribution in [0.5, 0.6) is 0 Å². The zero-order valence-electron chi connectivity index (χ0n) is 6.53. The maximum Gasteiger partial charge on any atom is 0.271 e. The van der Waals surface area contributed by atoms with E-state index in [2.05, 4.69) is 15.9 Å². The van der Waals surface area contributed by atoms with Gasteiger partial charge in [-0.15, -0.1) is 0 Å². The second kappa shape index (κ2) is 5.87. The van der Waals surface area contributed by atoms with E-state index in [0.29, 0.717) is 11.0 Å². The van der Waals surface area contributed by atoms with E-state index < -0.39 is 4.92 Å². The van der Waals surface area contributed by atoms with Gasteiger partial charge in [-0.2, -0.15) is 5.48 Å². The third-order valence-electron chi connectivity index (χ3n) is 1.08. The molecule has 0 spiro atoms. The van der Waals surface area contributed by atoms with E-state index in [1.54, 1.807) is 6.92 Å². The molecule has 0 aliphatic heterocycles. The number of nitro groups is 1. The Hall–Kier alpha value is -0.720. The van der Waals surface area contributed by atoms with Crippen molar-refractivity contribution in [3.8, 4) is 0 Å². The van der Waals surface area contributed by atoms with Crippen molar-refractivity contribution < 1.29 is 15.6 Å². The molecule has 0 heterocycles. The fourth-order valence-electron chi connectivity index (χ4n) is 0.536. The molecule has 0 atom stereocenters. The summed E-state index contributed by atoms with van der Waals surface area (Å²) in [5, 5.41) is 19.2. The van der Waals surface area contributed by atoms with Crippen molar-refractivity contribution in [1.29, 1.82) is 0 Å². The molecule has 0 aliphatic rings. The van der Waals surface area contributed by atoms with E-state index in [9.17, 15) is 10.1 Å². The zero-order chi connectivity index (χ0) is 9.56. The molecule has 0 aromatic heterocycles. The first-order chi connectivity index (χ1) is 5.61. The number of hydrogen-bond donors (Lipinski definition) is 2. The van der Waals surface area contributed by atoms with Crippen LogP contribution in [0, 0.1) is 10.1 Å². The number of allylic oxidation sites excluding steroid dienone is 3. The molecule has 0 bridgehead atoms. The van der Waals surface area contributed by atoms with Gasteiger partial charge in [-0.05, 0) is 0 Å². The lowest BCUT2D eigenvalue weighted by Gasteiger charge is -1.91. The Kier molecular flexibility index (Phi) is 5.52. The van der Waals surface area contributed by atoms with Gasteiger partial charge in [0.15, 0.2) is 0 Å². The molecule has 0 saturated heterocycles. The van der Waals surface area contributed by atoms with Crippen molar-refractivity contribution in [2.24, 2.45) is 0 Å². The van der Waals surface area contributed by atoms with Crippen LogP contribution in [0.3, 0.4) is 0 Å². The van der Waals surface area contributed by atoms with Crippen molar-refractivity contribution in [2.75, 3.05) is 5.33 Å². The number of quaternary nitrogens is 1. The summed E-state index contributed by atoms with van der Waals surface area (Å²) in [5.41, 5.74) is 1.24. The molecule has 12 heavy (non-hydrogen) atoms. The van der Waals surface area contributed by atoms with E-state index in [1.165, 1.54) is 12.2 Å². The summed E-state index contributed by atoms with van der Waals surface area (Å²) in [7, 11) is 0. The predicted octanol–water partition coefficient (Wildman–Crippen LogP) is 0.398. The molecule has 0 saturated carbocycles. The Morgan fingerprint density at radius 1 is 1.83 bits per heavy atom. The molecular weight excluding hydrogens is 228 g/mol. The van der Waals surface area contributed by atoms with Crippen LogP contribution in [0.4, 0.5) is 0 Å². The lowest BCUT2D eigenvalue weighted by molar-refractivity contribution is -0.851. The van der Waals surface area contributed by atoms with E-state index in [4.69, 9.17) is 5.21 Å². The summed E-state index contributed by atoms with van der Waals surface area (Å²) in [6, 6.07) is 0. The molecule has 68 valence electrons. The summed E-state index contributed by atoms with van der Waals surface area (Å²) < 4.78 is 0. The average molecular weight is 238 g/mol. The van der Waals surface area contributed by atoms with E-state index in [1.807, 2.05) is 0 Å². The van der Waals surface area contributed by atoms with Crippen molar-refractivity contribution >= 4 is 15.9 Å². The molecule has 3 N–H and O–H groups in total. The highest BCUT2D eigenvalue weighted by atomic mass is 79.9. The average Bonchev–Trinajstić information content (AvgIpc) is 2.03. The first-order valence-electron chi connectivity index (χ1n) is 3.18. The molecule has 6 heteroatoms. The quantitative estimate of drug-likeness (QED) is 0.322. The highest BCUT2D eigenvalue weighted by Crippen LogP contribution is 2.00. The number of alkyl halides is 1. The number of halogens is 1. The highest BCUT2D eigenvalue weighted by molar-refractivity contribution is 9.09. The predicted molar refractivity (Wildman–Crippen MR) is 46.3 cm³/mol. The molecule has 0 aromatic rings. The Morgan fingerprint density at radius 3 is 2.75 bits per heavy atom. The number of hydroxylamine groups is 1. The second-order valence-corrected chi connectivity index (χ2v) is 2.71. The lowest BCUT2D eigenvalue weighted by atomic mass is 10.3. The molecule has 5 nitrogen and oxygen atoms in total.